The maximum atomic E-state index is 5.88. The van der Waals surface area contributed by atoms with Crippen LogP contribution >= 0.6 is 0 Å². The molecule has 1 aromatic rings. The van der Waals surface area contributed by atoms with Gasteiger partial charge in [-0.2, -0.15) is 0 Å². The highest BCUT2D eigenvalue weighted by atomic mass is 14.6. The molecule has 1 saturated carbocycles. The summed E-state index contributed by atoms with van der Waals surface area (Å²) in [6, 6.07) is 8.96. The van der Waals surface area contributed by atoms with Crippen molar-refractivity contribution in [2.75, 3.05) is 6.54 Å². The summed E-state index contributed by atoms with van der Waals surface area (Å²) in [5, 5.41) is 0. The summed E-state index contributed by atoms with van der Waals surface area (Å²) in [5.74, 6) is 0.748. The molecule has 0 saturated heterocycles. The zero-order valence-electron chi connectivity index (χ0n) is 8.50. The number of rotatable bonds is 1. The summed E-state index contributed by atoms with van der Waals surface area (Å²) in [6.07, 6.45) is 5.27. The van der Waals surface area contributed by atoms with Crippen molar-refractivity contribution in [3.05, 3.63) is 35.4 Å². The predicted molar refractivity (Wildman–Crippen MR) is 58.2 cm³/mol. The molecular weight excluding hydrogens is 170 g/mol. The molecule has 0 heterocycles. The number of fused-ring (bicyclic) bond motifs is 2. The Hall–Kier alpha value is -0.820. The molecule has 1 spiro atoms. The van der Waals surface area contributed by atoms with Crippen LogP contribution in [0.25, 0.3) is 0 Å². The van der Waals surface area contributed by atoms with Crippen LogP contribution in [0, 0.1) is 5.92 Å². The molecule has 0 bridgehead atoms. The van der Waals surface area contributed by atoms with E-state index >= 15 is 0 Å². The molecule has 0 amide bonds. The molecule has 2 N–H and O–H groups in total. The van der Waals surface area contributed by atoms with Gasteiger partial charge in [0.15, 0.2) is 0 Å². The Morgan fingerprint density at radius 3 is 2.79 bits per heavy atom. The van der Waals surface area contributed by atoms with Crippen molar-refractivity contribution in [2.24, 2.45) is 11.7 Å². The Bertz CT molecular complexity index is 352. The summed E-state index contributed by atoms with van der Waals surface area (Å²) >= 11 is 0. The monoisotopic (exact) mass is 187 g/mol. The van der Waals surface area contributed by atoms with Crippen LogP contribution in [0.15, 0.2) is 24.3 Å². The Morgan fingerprint density at radius 2 is 2.07 bits per heavy atom. The fourth-order valence-electron chi connectivity index (χ4n) is 3.21. The second kappa shape index (κ2) is 2.83. The summed E-state index contributed by atoms with van der Waals surface area (Å²) in [5.41, 5.74) is 9.57. The molecule has 0 aromatic heterocycles. The van der Waals surface area contributed by atoms with Crippen molar-refractivity contribution < 1.29 is 0 Å². The van der Waals surface area contributed by atoms with E-state index in [0.717, 1.165) is 12.5 Å². The Morgan fingerprint density at radius 1 is 1.29 bits per heavy atom. The molecule has 2 aliphatic rings. The van der Waals surface area contributed by atoms with Gasteiger partial charge in [0.05, 0.1) is 0 Å². The van der Waals surface area contributed by atoms with Crippen LogP contribution in [0.2, 0.25) is 0 Å². The summed E-state index contributed by atoms with van der Waals surface area (Å²) in [6.45, 7) is 0.869. The smallest absolute Gasteiger partial charge is 0.000327 e. The van der Waals surface area contributed by atoms with E-state index in [9.17, 15) is 0 Å². The van der Waals surface area contributed by atoms with Crippen molar-refractivity contribution in [2.45, 2.75) is 31.1 Å². The second-order valence-electron chi connectivity index (χ2n) is 4.78. The Kier molecular flexibility index (Phi) is 1.72. The lowest BCUT2D eigenvalue weighted by Gasteiger charge is -2.33. The van der Waals surface area contributed by atoms with E-state index in [1.807, 2.05) is 0 Å². The third-order valence-corrected chi connectivity index (χ3v) is 4.17. The number of hydrogen-bond acceptors (Lipinski definition) is 1. The molecule has 1 aromatic carbocycles. The SMILES string of the molecule is NCC1CCc2ccccc2C12CC2. The highest BCUT2D eigenvalue weighted by Crippen LogP contribution is 2.58. The molecule has 74 valence electrons. The zero-order chi connectivity index (χ0) is 9.60. The molecule has 1 heteroatoms. The van der Waals surface area contributed by atoms with Gasteiger partial charge in [-0.05, 0) is 54.7 Å². The molecule has 1 unspecified atom stereocenters. The van der Waals surface area contributed by atoms with Gasteiger partial charge in [-0.1, -0.05) is 24.3 Å². The van der Waals surface area contributed by atoms with Crippen LogP contribution in [0.1, 0.15) is 30.4 Å². The van der Waals surface area contributed by atoms with Gasteiger partial charge in [-0.25, -0.2) is 0 Å². The Balaban J connectivity index is 2.08. The first kappa shape index (κ1) is 8.49. The van der Waals surface area contributed by atoms with Gasteiger partial charge >= 0.3 is 0 Å². The van der Waals surface area contributed by atoms with Gasteiger partial charge < -0.3 is 5.73 Å². The number of aryl methyl sites for hydroxylation is 1. The predicted octanol–water partition coefficient (Wildman–Crippen LogP) is 2.24. The lowest BCUT2D eigenvalue weighted by Crippen LogP contribution is -2.32. The van der Waals surface area contributed by atoms with Crippen molar-refractivity contribution in [1.82, 2.24) is 0 Å². The molecule has 3 rings (SSSR count). The standard InChI is InChI=1S/C13H17N/c14-9-11-6-5-10-3-1-2-4-12(10)13(11)7-8-13/h1-4,11H,5-9,14H2. The first-order valence-corrected chi connectivity index (χ1v) is 5.65. The fourth-order valence-corrected chi connectivity index (χ4v) is 3.21. The third-order valence-electron chi connectivity index (χ3n) is 4.17. The zero-order valence-corrected chi connectivity index (χ0v) is 8.50. The molecule has 0 aliphatic heterocycles. The van der Waals surface area contributed by atoms with Gasteiger partial charge in [0.1, 0.15) is 0 Å². The van der Waals surface area contributed by atoms with Crippen LogP contribution in [0.3, 0.4) is 0 Å². The van der Waals surface area contributed by atoms with Gasteiger partial charge in [-0.15, -0.1) is 0 Å². The lowest BCUT2D eigenvalue weighted by atomic mass is 9.72. The van der Waals surface area contributed by atoms with Crippen molar-refractivity contribution in [1.29, 1.82) is 0 Å². The largest absolute Gasteiger partial charge is 0.330 e. The molecule has 1 fully saturated rings. The van der Waals surface area contributed by atoms with E-state index < -0.39 is 0 Å². The van der Waals surface area contributed by atoms with Gasteiger partial charge in [0.2, 0.25) is 0 Å². The lowest BCUT2D eigenvalue weighted by molar-refractivity contribution is 0.362. The number of hydrogen-bond donors (Lipinski definition) is 1. The van der Waals surface area contributed by atoms with Crippen LogP contribution in [0.5, 0.6) is 0 Å². The van der Waals surface area contributed by atoms with E-state index in [1.54, 1.807) is 11.1 Å². The number of benzene rings is 1. The van der Waals surface area contributed by atoms with Crippen LogP contribution in [-0.4, -0.2) is 6.54 Å². The molecule has 14 heavy (non-hydrogen) atoms. The quantitative estimate of drug-likeness (QED) is 0.717. The molecular formula is C13H17N. The minimum atomic E-state index is 0.504. The van der Waals surface area contributed by atoms with E-state index in [2.05, 4.69) is 24.3 Å². The minimum Gasteiger partial charge on any atom is -0.330 e. The second-order valence-corrected chi connectivity index (χ2v) is 4.78. The van der Waals surface area contributed by atoms with E-state index in [4.69, 9.17) is 5.73 Å². The van der Waals surface area contributed by atoms with E-state index in [0.29, 0.717) is 5.41 Å². The van der Waals surface area contributed by atoms with Gasteiger partial charge in [0.25, 0.3) is 0 Å². The van der Waals surface area contributed by atoms with E-state index in [-0.39, 0.29) is 0 Å². The first-order chi connectivity index (χ1) is 6.87. The minimum absolute atomic E-state index is 0.504. The maximum absolute atomic E-state index is 5.88. The summed E-state index contributed by atoms with van der Waals surface area (Å²) < 4.78 is 0. The highest BCUT2D eigenvalue weighted by molar-refractivity contribution is 5.42. The van der Waals surface area contributed by atoms with Crippen LogP contribution < -0.4 is 5.73 Å². The topological polar surface area (TPSA) is 26.0 Å². The Labute approximate surface area is 85.3 Å². The van der Waals surface area contributed by atoms with Crippen molar-refractivity contribution >= 4 is 0 Å². The molecule has 2 aliphatic carbocycles. The van der Waals surface area contributed by atoms with Crippen LogP contribution in [-0.2, 0) is 11.8 Å². The number of nitrogens with two attached hydrogens (primary N) is 1. The van der Waals surface area contributed by atoms with Gasteiger partial charge in [-0.3, -0.25) is 0 Å². The highest BCUT2D eigenvalue weighted by Gasteiger charge is 2.52. The molecule has 1 atom stereocenters. The fraction of sp³-hybridized carbons (Fsp3) is 0.538. The van der Waals surface area contributed by atoms with E-state index in [1.165, 1.54) is 25.7 Å². The average molecular weight is 187 g/mol. The first-order valence-electron chi connectivity index (χ1n) is 5.65. The van der Waals surface area contributed by atoms with Gasteiger partial charge in [0, 0.05) is 0 Å². The molecule has 1 nitrogen and oxygen atoms in total. The maximum Gasteiger partial charge on any atom is -0.000327 e. The normalized spacial score (nSPS) is 27.4. The third kappa shape index (κ3) is 0.992. The van der Waals surface area contributed by atoms with Crippen LogP contribution in [0.4, 0.5) is 0 Å². The molecule has 0 radical (unpaired) electrons. The summed E-state index contributed by atoms with van der Waals surface area (Å²) in [7, 11) is 0. The average Bonchev–Trinajstić information content (AvgIpc) is 3.01. The van der Waals surface area contributed by atoms with Crippen molar-refractivity contribution in [3.8, 4) is 0 Å². The van der Waals surface area contributed by atoms with Crippen molar-refractivity contribution in [3.63, 3.8) is 0 Å². The summed E-state index contributed by atoms with van der Waals surface area (Å²) in [4.78, 5) is 0.